The molecule has 2 amide bonds. The molecule has 0 bridgehead atoms. The molecule has 0 fully saturated rings. The summed E-state index contributed by atoms with van der Waals surface area (Å²) in [6.45, 7) is 8.69. The van der Waals surface area contributed by atoms with Gasteiger partial charge in [-0.05, 0) is 69.2 Å². The first-order valence-electron chi connectivity index (χ1n) is 12.8. The smallest absolute Gasteiger partial charge is 0.269 e. The number of non-ortho nitro benzene ring substituents is 1. The molecule has 1 atom stereocenters. The zero-order valence-electron chi connectivity index (χ0n) is 22.7. The predicted octanol–water partition coefficient (Wildman–Crippen LogP) is 5.13. The third-order valence-corrected chi connectivity index (χ3v) is 6.70. The second-order valence-corrected chi connectivity index (χ2v) is 9.59. The fourth-order valence-electron chi connectivity index (χ4n) is 4.22. The van der Waals surface area contributed by atoms with Gasteiger partial charge in [0.1, 0.15) is 12.3 Å². The number of methoxy groups -OCH3 is 1. The van der Waals surface area contributed by atoms with Gasteiger partial charge in [0, 0.05) is 48.2 Å². The molecule has 0 saturated heterocycles. The normalized spacial score (nSPS) is 11.7. The lowest BCUT2D eigenvalue weighted by Crippen LogP contribution is -2.48. The number of nitro benzene ring substituents is 1. The molecule has 0 N–H and O–H groups in total. The Morgan fingerprint density at radius 2 is 1.74 bits per heavy atom. The molecular formula is C29H36N4O5. The van der Waals surface area contributed by atoms with Crippen LogP contribution >= 0.6 is 0 Å². The highest BCUT2D eigenvalue weighted by Crippen LogP contribution is 2.19. The van der Waals surface area contributed by atoms with Gasteiger partial charge in [-0.2, -0.15) is 0 Å². The van der Waals surface area contributed by atoms with Crippen LogP contribution in [0.15, 0.2) is 66.9 Å². The molecule has 0 saturated carbocycles. The quantitative estimate of drug-likeness (QED) is 0.244. The molecule has 0 aliphatic rings. The summed E-state index contributed by atoms with van der Waals surface area (Å²) in [6.07, 6.45) is 2.76. The monoisotopic (exact) mass is 520 g/mol. The summed E-state index contributed by atoms with van der Waals surface area (Å²) in [7, 11) is 1.64. The van der Waals surface area contributed by atoms with Crippen LogP contribution in [0.5, 0.6) is 5.75 Å². The van der Waals surface area contributed by atoms with Crippen molar-refractivity contribution in [1.29, 1.82) is 0 Å². The van der Waals surface area contributed by atoms with Crippen LogP contribution in [0, 0.1) is 10.1 Å². The molecule has 1 unspecified atom stereocenters. The van der Waals surface area contributed by atoms with Gasteiger partial charge in [-0.25, -0.2) is 0 Å². The average Bonchev–Trinajstić information content (AvgIpc) is 3.35. The molecule has 0 aliphatic heterocycles. The topological polar surface area (TPSA) is 97.9 Å². The van der Waals surface area contributed by atoms with Crippen molar-refractivity contribution in [1.82, 2.24) is 14.4 Å². The van der Waals surface area contributed by atoms with Crippen molar-refractivity contribution in [2.24, 2.45) is 0 Å². The average molecular weight is 521 g/mol. The summed E-state index contributed by atoms with van der Waals surface area (Å²) in [5.41, 5.74) is 2.29. The molecule has 9 nitrogen and oxygen atoms in total. The van der Waals surface area contributed by atoms with Crippen LogP contribution in [-0.2, 0) is 17.9 Å². The van der Waals surface area contributed by atoms with Gasteiger partial charge < -0.3 is 19.1 Å². The zero-order valence-corrected chi connectivity index (χ0v) is 22.7. The largest absolute Gasteiger partial charge is 0.497 e. The Kier molecular flexibility index (Phi) is 9.65. The minimum atomic E-state index is -0.508. The van der Waals surface area contributed by atoms with E-state index in [0.717, 1.165) is 23.4 Å². The van der Waals surface area contributed by atoms with Crippen molar-refractivity contribution in [2.75, 3.05) is 13.7 Å². The van der Waals surface area contributed by atoms with E-state index in [9.17, 15) is 19.7 Å². The van der Waals surface area contributed by atoms with Crippen LogP contribution in [0.2, 0.25) is 0 Å². The van der Waals surface area contributed by atoms with E-state index in [1.165, 1.54) is 29.2 Å². The highest BCUT2D eigenvalue weighted by molar-refractivity contribution is 5.97. The third-order valence-electron chi connectivity index (χ3n) is 6.70. The lowest BCUT2D eigenvalue weighted by atomic mass is 10.1. The van der Waals surface area contributed by atoms with E-state index < -0.39 is 4.92 Å². The number of amides is 2. The number of rotatable bonds is 12. The predicted molar refractivity (Wildman–Crippen MR) is 146 cm³/mol. The zero-order chi connectivity index (χ0) is 27.8. The second-order valence-electron chi connectivity index (χ2n) is 9.59. The van der Waals surface area contributed by atoms with E-state index in [4.69, 9.17) is 4.74 Å². The van der Waals surface area contributed by atoms with Gasteiger partial charge in [0.05, 0.1) is 18.6 Å². The highest BCUT2D eigenvalue weighted by Gasteiger charge is 2.27. The molecule has 3 aromatic rings. The molecular weight excluding hydrogens is 484 g/mol. The Balaban J connectivity index is 1.79. The Bertz CT molecular complexity index is 1250. The van der Waals surface area contributed by atoms with Gasteiger partial charge in [0.2, 0.25) is 5.91 Å². The Labute approximate surface area is 223 Å². The minimum Gasteiger partial charge on any atom is -0.497 e. The van der Waals surface area contributed by atoms with Crippen LogP contribution in [0.25, 0.3) is 0 Å². The second kappa shape index (κ2) is 12.9. The van der Waals surface area contributed by atoms with Crippen molar-refractivity contribution in [2.45, 2.75) is 59.3 Å². The van der Waals surface area contributed by atoms with E-state index in [2.05, 4.69) is 4.57 Å². The minimum absolute atomic E-state index is 0.0360. The van der Waals surface area contributed by atoms with Crippen LogP contribution < -0.4 is 4.74 Å². The van der Waals surface area contributed by atoms with Crippen LogP contribution in [-0.4, -0.2) is 56.8 Å². The van der Waals surface area contributed by atoms with E-state index in [-0.39, 0.29) is 36.1 Å². The Morgan fingerprint density at radius 1 is 1.03 bits per heavy atom. The maximum absolute atomic E-state index is 13.6. The maximum atomic E-state index is 13.6. The summed E-state index contributed by atoms with van der Waals surface area (Å²) in [5, 5.41) is 11.0. The van der Waals surface area contributed by atoms with Gasteiger partial charge in [0.15, 0.2) is 0 Å². The van der Waals surface area contributed by atoms with Crippen LogP contribution in [0.3, 0.4) is 0 Å². The molecule has 3 rings (SSSR count). The van der Waals surface area contributed by atoms with Crippen molar-refractivity contribution in [3.63, 3.8) is 0 Å². The number of ether oxygens (including phenoxy) is 1. The first kappa shape index (κ1) is 28.4. The van der Waals surface area contributed by atoms with Crippen molar-refractivity contribution in [3.8, 4) is 5.75 Å². The summed E-state index contributed by atoms with van der Waals surface area (Å²) in [4.78, 5) is 40.7. The number of hydrogen-bond acceptors (Lipinski definition) is 5. The van der Waals surface area contributed by atoms with E-state index in [1.807, 2.05) is 75.2 Å². The molecule has 1 aromatic heterocycles. The fourth-order valence-corrected chi connectivity index (χ4v) is 4.22. The third kappa shape index (κ3) is 7.00. The van der Waals surface area contributed by atoms with Crippen LogP contribution in [0.4, 0.5) is 5.69 Å². The Hall–Kier alpha value is -4.14. The number of aromatic nitrogens is 1. The number of nitro groups is 1. The van der Waals surface area contributed by atoms with Crippen molar-refractivity contribution < 1.29 is 19.2 Å². The van der Waals surface area contributed by atoms with E-state index in [1.54, 1.807) is 7.11 Å². The van der Waals surface area contributed by atoms with E-state index >= 15 is 0 Å². The first-order chi connectivity index (χ1) is 18.1. The van der Waals surface area contributed by atoms with E-state index in [0.29, 0.717) is 18.7 Å². The Morgan fingerprint density at radius 3 is 2.34 bits per heavy atom. The van der Waals surface area contributed by atoms with Gasteiger partial charge in [-0.1, -0.05) is 19.1 Å². The lowest BCUT2D eigenvalue weighted by Gasteiger charge is -2.33. The summed E-state index contributed by atoms with van der Waals surface area (Å²) in [5.74, 6) is 0.297. The molecule has 38 heavy (non-hydrogen) atoms. The number of nitrogens with zero attached hydrogens (tertiary/aromatic N) is 4. The summed E-state index contributed by atoms with van der Waals surface area (Å²) >= 11 is 0. The number of hydrogen-bond donors (Lipinski definition) is 0. The molecule has 0 spiro atoms. The maximum Gasteiger partial charge on any atom is 0.269 e. The van der Waals surface area contributed by atoms with Gasteiger partial charge in [-0.3, -0.25) is 19.7 Å². The molecule has 9 heteroatoms. The number of carbonyl (C=O) groups is 2. The number of carbonyl (C=O) groups excluding carboxylic acids is 2. The standard InChI is InChI=1S/C29H36N4O5/c1-6-22(4)32(19-26-10-8-16-30(26)18-23-9-7-11-27(17-23)38-5)28(34)20-31(21(2)3)29(35)24-12-14-25(15-13-24)33(36)37/h7-17,21-22H,6,18-20H2,1-5H3. The SMILES string of the molecule is CCC(C)N(Cc1cccn1Cc1cccc(OC)c1)C(=O)CN(C(=O)c1ccc([N+](=O)[O-])cc1)C(C)C. The molecule has 202 valence electrons. The molecule has 2 aromatic carbocycles. The van der Waals surface area contributed by atoms with Gasteiger partial charge in [-0.15, -0.1) is 0 Å². The van der Waals surface area contributed by atoms with Crippen molar-refractivity contribution >= 4 is 17.5 Å². The lowest BCUT2D eigenvalue weighted by molar-refractivity contribution is -0.384. The van der Waals surface area contributed by atoms with Gasteiger partial charge in [0.25, 0.3) is 11.6 Å². The highest BCUT2D eigenvalue weighted by atomic mass is 16.6. The molecule has 0 radical (unpaired) electrons. The first-order valence-corrected chi connectivity index (χ1v) is 12.8. The summed E-state index contributed by atoms with van der Waals surface area (Å²) < 4.78 is 7.46. The van der Waals surface area contributed by atoms with Gasteiger partial charge >= 0.3 is 0 Å². The summed E-state index contributed by atoms with van der Waals surface area (Å²) in [6, 6.07) is 17.0. The van der Waals surface area contributed by atoms with Crippen LogP contribution in [0.1, 0.15) is 55.7 Å². The molecule has 0 aliphatic carbocycles. The molecule has 1 heterocycles. The number of benzene rings is 2. The van der Waals surface area contributed by atoms with Crippen molar-refractivity contribution in [3.05, 3.63) is 93.8 Å². The fraction of sp³-hybridized carbons (Fsp3) is 0.379.